The number of rotatable bonds is 34. The van der Waals surface area contributed by atoms with Crippen LogP contribution in [0.15, 0.2) is 24.3 Å². The van der Waals surface area contributed by atoms with Crippen LogP contribution in [0, 0.1) is 17.8 Å². The molecule has 0 aromatic carbocycles. The predicted molar refractivity (Wildman–Crippen MR) is 211 cm³/mol. The summed E-state index contributed by atoms with van der Waals surface area (Å²) >= 11 is 0. The van der Waals surface area contributed by atoms with Gasteiger partial charge in [0.2, 0.25) is 0 Å². The molecule has 1 rings (SSSR count). The Hall–Kier alpha value is -2.03. The van der Waals surface area contributed by atoms with Crippen LogP contribution in [0.1, 0.15) is 188 Å². The molecule has 0 aromatic heterocycles. The highest BCUT2D eigenvalue weighted by molar-refractivity contribution is 5.84. The van der Waals surface area contributed by atoms with Crippen molar-refractivity contribution < 1.29 is 39.2 Å². The van der Waals surface area contributed by atoms with E-state index in [1.165, 1.54) is 83.5 Å². The van der Waals surface area contributed by atoms with Gasteiger partial charge in [0.25, 0.3) is 0 Å². The minimum Gasteiger partial charge on any atom is -0.463 e. The number of hydrogen-bond donors (Lipinski definition) is 3. The Morgan fingerprint density at radius 3 is 1.81 bits per heavy atom. The Morgan fingerprint density at radius 1 is 0.731 bits per heavy atom. The van der Waals surface area contributed by atoms with Crippen molar-refractivity contribution in [3.05, 3.63) is 24.3 Å². The van der Waals surface area contributed by atoms with Gasteiger partial charge in [-0.15, -0.1) is 0 Å². The van der Waals surface area contributed by atoms with Crippen molar-refractivity contribution in [2.75, 3.05) is 13.2 Å². The number of hydrogen-bond acceptors (Lipinski definition) is 8. The van der Waals surface area contributed by atoms with Crippen molar-refractivity contribution in [2.24, 2.45) is 17.8 Å². The molecular weight excluding hydrogens is 656 g/mol. The molecule has 0 aliphatic heterocycles. The van der Waals surface area contributed by atoms with Crippen LogP contribution in [-0.2, 0) is 23.9 Å². The van der Waals surface area contributed by atoms with Crippen molar-refractivity contribution in [1.82, 2.24) is 0 Å². The molecule has 1 aliphatic carbocycles. The van der Waals surface area contributed by atoms with Crippen LogP contribution in [0.5, 0.6) is 0 Å². The fraction of sp³-hybridized carbons (Fsp3) is 0.841. The second kappa shape index (κ2) is 32.4. The molecule has 8 nitrogen and oxygen atoms in total. The molecule has 1 fully saturated rings. The largest absolute Gasteiger partial charge is 0.463 e. The molecule has 3 N–H and O–H groups in total. The third-order valence-electron chi connectivity index (χ3n) is 10.6. The van der Waals surface area contributed by atoms with E-state index in [4.69, 9.17) is 9.47 Å². The van der Waals surface area contributed by atoms with Gasteiger partial charge in [-0.2, -0.15) is 0 Å². The average molecular weight is 735 g/mol. The normalized spacial score (nSPS) is 19.4. The minimum atomic E-state index is -1.05. The molecule has 0 heterocycles. The Balaban J connectivity index is 2.00. The van der Waals surface area contributed by atoms with Gasteiger partial charge in [0, 0.05) is 31.1 Å². The number of esters is 2. The molecule has 8 heteroatoms. The lowest BCUT2D eigenvalue weighted by molar-refractivity contribution is -0.152. The lowest BCUT2D eigenvalue weighted by Gasteiger charge is -2.16. The molecule has 6 atom stereocenters. The van der Waals surface area contributed by atoms with E-state index in [1.807, 2.05) is 12.2 Å². The maximum Gasteiger partial charge on any atom is 0.305 e. The van der Waals surface area contributed by atoms with Gasteiger partial charge in [0.1, 0.15) is 25.1 Å². The van der Waals surface area contributed by atoms with Gasteiger partial charge in [-0.25, -0.2) is 0 Å². The molecule has 302 valence electrons. The standard InChI is InChI=1S/C44H78O8/c1-4-6-21-27-37(45)31-32-40-39(41(47)33-42(40)48)28-23-19-20-25-30-44(50)52-35-38(46)34-51-43(49)29-24-18-16-14-12-10-8-7-9-11-13-15-17-22-26-36(3)5-2/h19,23,31-32,36-40,42,45-46,48H,4-18,20-22,24-30,33-35H2,1-3H3/b23-19-,32-31+/t36?,37-,38-,39+,40+,42+/m0/s1. The fourth-order valence-corrected chi connectivity index (χ4v) is 6.87. The summed E-state index contributed by atoms with van der Waals surface area (Å²) in [7, 11) is 0. The summed E-state index contributed by atoms with van der Waals surface area (Å²) in [6.07, 6.45) is 31.6. The van der Waals surface area contributed by atoms with Crippen LogP contribution in [0.25, 0.3) is 0 Å². The quantitative estimate of drug-likeness (QED) is 0.0338. The van der Waals surface area contributed by atoms with E-state index in [0.717, 1.165) is 44.4 Å². The number of ether oxygens (including phenoxy) is 2. The van der Waals surface area contributed by atoms with Gasteiger partial charge < -0.3 is 24.8 Å². The Kier molecular flexibility index (Phi) is 29.9. The summed E-state index contributed by atoms with van der Waals surface area (Å²) in [4.78, 5) is 36.6. The molecule has 0 amide bonds. The highest BCUT2D eigenvalue weighted by Gasteiger charge is 2.39. The summed E-state index contributed by atoms with van der Waals surface area (Å²) in [5.74, 6) is -0.442. The molecule has 1 aliphatic rings. The smallest absolute Gasteiger partial charge is 0.305 e. The highest BCUT2D eigenvalue weighted by Crippen LogP contribution is 2.33. The van der Waals surface area contributed by atoms with Crippen LogP contribution in [0.2, 0.25) is 0 Å². The van der Waals surface area contributed by atoms with Crippen LogP contribution in [-0.4, -0.2) is 64.6 Å². The monoisotopic (exact) mass is 735 g/mol. The Labute approximate surface area is 317 Å². The molecule has 0 radical (unpaired) electrons. The molecule has 52 heavy (non-hydrogen) atoms. The van der Waals surface area contributed by atoms with E-state index in [1.54, 1.807) is 12.2 Å². The molecule has 0 bridgehead atoms. The summed E-state index contributed by atoms with van der Waals surface area (Å²) in [5, 5.41) is 30.6. The summed E-state index contributed by atoms with van der Waals surface area (Å²) in [5.41, 5.74) is 0. The first-order valence-corrected chi connectivity index (χ1v) is 21.4. The maximum absolute atomic E-state index is 12.4. The summed E-state index contributed by atoms with van der Waals surface area (Å²) in [6, 6.07) is 0. The van der Waals surface area contributed by atoms with Crippen LogP contribution < -0.4 is 0 Å². The Morgan fingerprint density at radius 2 is 1.25 bits per heavy atom. The number of Topliss-reactive ketones (excluding diaryl/α,β-unsaturated/α-hetero) is 1. The number of carbonyl (C=O) groups excluding carboxylic acids is 3. The third kappa shape index (κ3) is 25.9. The van der Waals surface area contributed by atoms with Crippen molar-refractivity contribution in [3.63, 3.8) is 0 Å². The van der Waals surface area contributed by atoms with E-state index in [0.29, 0.717) is 32.1 Å². The Bertz CT molecular complexity index is 962. The van der Waals surface area contributed by atoms with Gasteiger partial charge in [0.15, 0.2) is 0 Å². The van der Waals surface area contributed by atoms with Gasteiger partial charge in [-0.1, -0.05) is 161 Å². The van der Waals surface area contributed by atoms with Gasteiger partial charge in [0.05, 0.1) is 12.2 Å². The zero-order chi connectivity index (χ0) is 38.2. The lowest BCUT2D eigenvalue weighted by Crippen LogP contribution is -2.25. The van der Waals surface area contributed by atoms with Crippen LogP contribution in [0.4, 0.5) is 0 Å². The fourth-order valence-electron chi connectivity index (χ4n) is 6.87. The number of aliphatic hydroxyl groups excluding tert-OH is 3. The van der Waals surface area contributed by atoms with E-state index < -0.39 is 24.3 Å². The van der Waals surface area contributed by atoms with Crippen molar-refractivity contribution >= 4 is 17.7 Å². The predicted octanol–water partition coefficient (Wildman–Crippen LogP) is 9.90. The zero-order valence-corrected chi connectivity index (χ0v) is 33.5. The summed E-state index contributed by atoms with van der Waals surface area (Å²) in [6.45, 7) is 6.36. The first-order valence-electron chi connectivity index (χ1n) is 21.4. The van der Waals surface area contributed by atoms with Gasteiger partial charge >= 0.3 is 11.9 Å². The van der Waals surface area contributed by atoms with Gasteiger partial charge in [-0.3, -0.25) is 14.4 Å². The van der Waals surface area contributed by atoms with E-state index in [2.05, 4.69) is 20.8 Å². The van der Waals surface area contributed by atoms with Gasteiger partial charge in [-0.05, 0) is 38.0 Å². The average Bonchev–Trinajstić information content (AvgIpc) is 3.40. The second-order valence-corrected chi connectivity index (χ2v) is 15.5. The van der Waals surface area contributed by atoms with Crippen LogP contribution >= 0.6 is 0 Å². The minimum absolute atomic E-state index is 0.0327. The van der Waals surface area contributed by atoms with Crippen LogP contribution in [0.3, 0.4) is 0 Å². The number of allylic oxidation sites excluding steroid dienone is 2. The number of unbranched alkanes of at least 4 members (excludes halogenated alkanes) is 16. The van der Waals surface area contributed by atoms with Crippen molar-refractivity contribution in [1.29, 1.82) is 0 Å². The highest BCUT2D eigenvalue weighted by atomic mass is 16.6. The molecular formula is C44H78O8. The molecule has 0 aromatic rings. The zero-order valence-electron chi connectivity index (χ0n) is 33.5. The third-order valence-corrected chi connectivity index (χ3v) is 10.6. The first kappa shape index (κ1) is 48.0. The molecule has 0 spiro atoms. The molecule has 1 unspecified atom stereocenters. The first-order chi connectivity index (χ1) is 25.2. The SMILES string of the molecule is CCCCC[C@H](O)/C=C/[C@H]1[C@H](O)CC(=O)[C@@H]1C/C=C\CCCC(=O)OC[C@@H](O)COC(=O)CCCCCCCCCCCCCCCCC(C)CC. The number of aliphatic hydroxyl groups is 3. The lowest BCUT2D eigenvalue weighted by atomic mass is 9.90. The van der Waals surface area contributed by atoms with E-state index in [9.17, 15) is 29.7 Å². The number of carbonyl (C=O) groups is 3. The number of ketones is 1. The summed E-state index contributed by atoms with van der Waals surface area (Å²) < 4.78 is 10.3. The van der Waals surface area contributed by atoms with Crippen molar-refractivity contribution in [3.8, 4) is 0 Å². The van der Waals surface area contributed by atoms with E-state index in [-0.39, 0.29) is 49.6 Å². The topological polar surface area (TPSA) is 130 Å². The maximum atomic E-state index is 12.4. The second-order valence-electron chi connectivity index (χ2n) is 15.5. The molecule has 1 saturated carbocycles. The molecule has 0 saturated heterocycles. The van der Waals surface area contributed by atoms with Crippen molar-refractivity contribution in [2.45, 2.75) is 206 Å². The van der Waals surface area contributed by atoms with E-state index >= 15 is 0 Å².